The highest BCUT2D eigenvalue weighted by Crippen LogP contribution is 2.19. The molecule has 0 saturated carbocycles. The highest BCUT2D eigenvalue weighted by Gasteiger charge is 2.14. The van der Waals surface area contributed by atoms with E-state index >= 15 is 0 Å². The Morgan fingerprint density at radius 2 is 1.72 bits per heavy atom. The Balaban J connectivity index is 2.97. The second-order valence-electron chi connectivity index (χ2n) is 5.34. The van der Waals surface area contributed by atoms with Crippen LogP contribution < -0.4 is 5.73 Å². The maximum atomic E-state index is 5.67. The first-order chi connectivity index (χ1) is 8.31. The molecule has 0 spiro atoms. The normalized spacial score (nSPS) is 11.3. The van der Waals surface area contributed by atoms with Gasteiger partial charge in [0.2, 0.25) is 0 Å². The molecule has 0 bridgehead atoms. The molecule has 0 aromatic heterocycles. The molecule has 18 heavy (non-hydrogen) atoms. The number of rotatable bonds is 5. The molecule has 3 heteroatoms. The highest BCUT2D eigenvalue weighted by atomic mass is 32.1. The molecule has 0 amide bonds. The lowest BCUT2D eigenvalue weighted by Crippen LogP contribution is -2.37. The van der Waals surface area contributed by atoms with Crippen LogP contribution in [0.15, 0.2) is 12.1 Å². The van der Waals surface area contributed by atoms with Gasteiger partial charge < -0.3 is 5.73 Å². The molecule has 0 atom stereocenters. The fourth-order valence-electron chi connectivity index (χ4n) is 2.28. The quantitative estimate of drug-likeness (QED) is 0.829. The largest absolute Gasteiger partial charge is 0.392 e. The topological polar surface area (TPSA) is 29.3 Å². The Hall–Kier alpha value is -0.930. The van der Waals surface area contributed by atoms with E-state index in [2.05, 4.69) is 51.7 Å². The zero-order valence-electron chi connectivity index (χ0n) is 12.1. The van der Waals surface area contributed by atoms with Gasteiger partial charge in [0.1, 0.15) is 0 Å². The van der Waals surface area contributed by atoms with Gasteiger partial charge in [-0.3, -0.25) is 4.90 Å². The first-order valence-electron chi connectivity index (χ1n) is 6.40. The maximum absolute atomic E-state index is 5.67. The van der Waals surface area contributed by atoms with Crippen molar-refractivity contribution in [2.24, 2.45) is 5.73 Å². The summed E-state index contributed by atoms with van der Waals surface area (Å²) in [5.41, 5.74) is 11.1. The lowest BCUT2D eigenvalue weighted by Gasteiger charge is -2.27. The minimum atomic E-state index is 0.437. The van der Waals surface area contributed by atoms with E-state index in [9.17, 15) is 0 Å². The first-order valence-corrected chi connectivity index (χ1v) is 6.81. The lowest BCUT2D eigenvalue weighted by molar-refractivity contribution is 0.244. The van der Waals surface area contributed by atoms with E-state index in [0.717, 1.165) is 6.54 Å². The number of nitrogens with two attached hydrogens (primary N) is 1. The molecule has 1 aromatic carbocycles. The highest BCUT2D eigenvalue weighted by molar-refractivity contribution is 7.80. The molecule has 2 N–H and O–H groups in total. The van der Waals surface area contributed by atoms with E-state index in [1.165, 1.54) is 22.3 Å². The summed E-state index contributed by atoms with van der Waals surface area (Å²) in [5.74, 6) is 0. The van der Waals surface area contributed by atoms with Crippen LogP contribution in [0.1, 0.15) is 36.1 Å². The molecule has 0 heterocycles. The van der Waals surface area contributed by atoms with Gasteiger partial charge in [-0.05, 0) is 51.3 Å². The summed E-state index contributed by atoms with van der Waals surface area (Å²) < 4.78 is 0. The van der Waals surface area contributed by atoms with Crippen molar-refractivity contribution >= 4 is 17.2 Å². The minimum absolute atomic E-state index is 0.437. The van der Waals surface area contributed by atoms with Crippen LogP contribution in [-0.4, -0.2) is 22.5 Å². The molecule has 0 unspecified atom stereocenters. The van der Waals surface area contributed by atoms with Gasteiger partial charge in [0.15, 0.2) is 0 Å². The van der Waals surface area contributed by atoms with Crippen LogP contribution in [0.2, 0.25) is 0 Å². The maximum Gasteiger partial charge on any atom is 0.0870 e. The van der Waals surface area contributed by atoms with Gasteiger partial charge >= 0.3 is 0 Å². The van der Waals surface area contributed by atoms with Crippen molar-refractivity contribution in [2.75, 3.05) is 6.54 Å². The van der Waals surface area contributed by atoms with Gasteiger partial charge in [0, 0.05) is 19.1 Å². The van der Waals surface area contributed by atoms with Gasteiger partial charge in [-0.2, -0.15) is 0 Å². The number of hydrogen-bond donors (Lipinski definition) is 1. The fraction of sp³-hybridized carbons (Fsp3) is 0.533. The Morgan fingerprint density at radius 1 is 1.22 bits per heavy atom. The number of nitrogens with zero attached hydrogens (tertiary/aromatic N) is 1. The summed E-state index contributed by atoms with van der Waals surface area (Å²) >= 11 is 5.03. The third-order valence-electron chi connectivity index (χ3n) is 3.29. The Kier molecular flexibility index (Phi) is 5.29. The summed E-state index contributed by atoms with van der Waals surface area (Å²) in [6.07, 6.45) is 0. The standard InChI is InChI=1S/C15H24N2S/c1-10(2)17(9-15(16)18)8-14-12(4)6-11(3)7-13(14)5/h6-7,10H,8-9H2,1-5H3,(H2,16,18). The first kappa shape index (κ1) is 15.1. The minimum Gasteiger partial charge on any atom is -0.392 e. The zero-order valence-corrected chi connectivity index (χ0v) is 12.9. The van der Waals surface area contributed by atoms with Gasteiger partial charge in [0.25, 0.3) is 0 Å². The van der Waals surface area contributed by atoms with Crippen molar-refractivity contribution in [3.63, 3.8) is 0 Å². The molecule has 0 saturated heterocycles. The molecular weight excluding hydrogens is 240 g/mol. The smallest absolute Gasteiger partial charge is 0.0870 e. The van der Waals surface area contributed by atoms with E-state index in [-0.39, 0.29) is 0 Å². The van der Waals surface area contributed by atoms with Crippen molar-refractivity contribution in [3.05, 3.63) is 34.4 Å². The molecule has 2 nitrogen and oxygen atoms in total. The van der Waals surface area contributed by atoms with Crippen molar-refractivity contribution in [3.8, 4) is 0 Å². The van der Waals surface area contributed by atoms with Gasteiger partial charge in [-0.25, -0.2) is 0 Å². The van der Waals surface area contributed by atoms with Crippen LogP contribution in [-0.2, 0) is 6.54 Å². The van der Waals surface area contributed by atoms with E-state index in [1.54, 1.807) is 0 Å². The van der Waals surface area contributed by atoms with Crippen molar-refractivity contribution < 1.29 is 0 Å². The van der Waals surface area contributed by atoms with Crippen molar-refractivity contribution in [2.45, 2.75) is 47.2 Å². The average molecular weight is 264 g/mol. The number of benzene rings is 1. The zero-order chi connectivity index (χ0) is 13.9. The third-order valence-corrected chi connectivity index (χ3v) is 3.42. The molecule has 0 radical (unpaired) electrons. The lowest BCUT2D eigenvalue weighted by atomic mass is 9.99. The Labute approximate surface area is 116 Å². The van der Waals surface area contributed by atoms with Crippen LogP contribution in [0, 0.1) is 20.8 Å². The number of hydrogen-bond acceptors (Lipinski definition) is 2. The van der Waals surface area contributed by atoms with Crippen molar-refractivity contribution in [1.29, 1.82) is 0 Å². The van der Waals surface area contributed by atoms with E-state index < -0.39 is 0 Å². The molecule has 100 valence electrons. The van der Waals surface area contributed by atoms with Crippen molar-refractivity contribution in [1.82, 2.24) is 4.90 Å². The van der Waals surface area contributed by atoms with Gasteiger partial charge in [-0.15, -0.1) is 0 Å². The van der Waals surface area contributed by atoms with E-state index in [0.29, 0.717) is 17.6 Å². The molecule has 0 aliphatic carbocycles. The van der Waals surface area contributed by atoms with Gasteiger partial charge in [-0.1, -0.05) is 29.9 Å². The molecule has 0 aliphatic rings. The van der Waals surface area contributed by atoms with Crippen LogP contribution in [0.3, 0.4) is 0 Å². The predicted molar refractivity (Wildman–Crippen MR) is 83.0 cm³/mol. The SMILES string of the molecule is Cc1cc(C)c(CN(CC(N)=S)C(C)C)c(C)c1. The van der Waals surface area contributed by atoms with Crippen LogP contribution in [0.5, 0.6) is 0 Å². The summed E-state index contributed by atoms with van der Waals surface area (Å²) in [5, 5.41) is 0. The average Bonchev–Trinajstić information content (AvgIpc) is 2.20. The van der Waals surface area contributed by atoms with Crippen LogP contribution in [0.25, 0.3) is 0 Å². The van der Waals surface area contributed by atoms with Crippen LogP contribution in [0.4, 0.5) is 0 Å². The summed E-state index contributed by atoms with van der Waals surface area (Å²) in [6.45, 7) is 12.4. The Morgan fingerprint density at radius 3 is 2.11 bits per heavy atom. The molecular formula is C15H24N2S. The summed E-state index contributed by atoms with van der Waals surface area (Å²) in [6, 6.07) is 4.91. The van der Waals surface area contributed by atoms with Crippen LogP contribution >= 0.6 is 12.2 Å². The predicted octanol–water partition coefficient (Wildman–Crippen LogP) is 3.11. The number of aryl methyl sites for hydroxylation is 3. The summed E-state index contributed by atoms with van der Waals surface area (Å²) in [4.78, 5) is 2.87. The third kappa shape index (κ3) is 4.07. The molecule has 1 rings (SSSR count). The molecule has 1 aromatic rings. The number of thiocarbonyl (C=S) groups is 1. The second kappa shape index (κ2) is 6.30. The second-order valence-corrected chi connectivity index (χ2v) is 5.87. The van der Waals surface area contributed by atoms with E-state index in [4.69, 9.17) is 18.0 Å². The molecule has 0 aliphatic heterocycles. The van der Waals surface area contributed by atoms with E-state index in [1.807, 2.05) is 0 Å². The summed E-state index contributed by atoms with van der Waals surface area (Å²) in [7, 11) is 0. The fourth-order valence-corrected chi connectivity index (χ4v) is 2.45. The monoisotopic (exact) mass is 264 g/mol. The van der Waals surface area contributed by atoms with Gasteiger partial charge in [0.05, 0.1) is 4.99 Å². The Bertz CT molecular complexity index is 415. The molecule has 0 fully saturated rings.